The van der Waals surface area contributed by atoms with Gasteiger partial charge in [0, 0.05) is 10.7 Å². The van der Waals surface area contributed by atoms with Crippen molar-refractivity contribution >= 4 is 37.0 Å². The Morgan fingerprint density at radius 1 is 1.38 bits per heavy atom. The molecule has 0 fully saturated rings. The summed E-state index contributed by atoms with van der Waals surface area (Å²) in [5, 5.41) is 9.23. The smallest absolute Gasteiger partial charge is 0.258 e. The molecule has 0 aliphatic rings. The van der Waals surface area contributed by atoms with Crippen LogP contribution in [0.3, 0.4) is 0 Å². The number of hydrogen-bond donors (Lipinski definition) is 0. The van der Waals surface area contributed by atoms with E-state index in [2.05, 4.69) is 0 Å². The third-order valence-corrected chi connectivity index (χ3v) is 3.23. The first-order valence-electron chi connectivity index (χ1n) is 3.42. The standard InChI is InChI=1S/C6HCl2F2NO4S/c7-4-2(9)1-3(16(8,14)15)5(10)6(4)11(12)13/h1H. The summed E-state index contributed by atoms with van der Waals surface area (Å²) in [6.07, 6.45) is 0. The van der Waals surface area contributed by atoms with Crippen LogP contribution in [-0.2, 0) is 9.05 Å². The van der Waals surface area contributed by atoms with Crippen molar-refractivity contribution in [1.82, 2.24) is 0 Å². The van der Waals surface area contributed by atoms with Crippen molar-refractivity contribution in [2.45, 2.75) is 4.90 Å². The second-order valence-corrected chi connectivity index (χ2v) is 5.44. The molecule has 0 spiro atoms. The summed E-state index contributed by atoms with van der Waals surface area (Å²) in [6.45, 7) is 0. The average molecular weight is 292 g/mol. The minimum atomic E-state index is -4.63. The van der Waals surface area contributed by atoms with E-state index in [0.29, 0.717) is 0 Å². The van der Waals surface area contributed by atoms with Gasteiger partial charge in [0.25, 0.3) is 9.05 Å². The minimum absolute atomic E-state index is 0.174. The number of benzene rings is 1. The van der Waals surface area contributed by atoms with Crippen molar-refractivity contribution in [3.8, 4) is 0 Å². The van der Waals surface area contributed by atoms with Gasteiger partial charge in [0.05, 0.1) is 4.92 Å². The highest BCUT2D eigenvalue weighted by atomic mass is 35.7. The fourth-order valence-corrected chi connectivity index (χ4v) is 2.00. The van der Waals surface area contributed by atoms with Gasteiger partial charge in [-0.1, -0.05) is 11.6 Å². The van der Waals surface area contributed by atoms with E-state index in [1.165, 1.54) is 0 Å². The molecule has 88 valence electrons. The van der Waals surface area contributed by atoms with E-state index in [1.54, 1.807) is 0 Å². The van der Waals surface area contributed by atoms with E-state index in [-0.39, 0.29) is 6.07 Å². The predicted molar refractivity (Wildman–Crippen MR) is 51.1 cm³/mol. The SMILES string of the molecule is O=[N+]([O-])c1c(F)c(S(=O)(=O)Cl)cc(F)c1Cl. The number of halogens is 4. The first-order chi connectivity index (χ1) is 7.16. The second kappa shape index (κ2) is 4.11. The van der Waals surface area contributed by atoms with Gasteiger partial charge in [-0.15, -0.1) is 0 Å². The summed E-state index contributed by atoms with van der Waals surface area (Å²) >= 11 is 5.12. The van der Waals surface area contributed by atoms with Crippen LogP contribution in [-0.4, -0.2) is 13.3 Å². The third kappa shape index (κ3) is 2.23. The second-order valence-electron chi connectivity index (χ2n) is 2.53. The zero-order valence-corrected chi connectivity index (χ0v) is 9.41. The van der Waals surface area contributed by atoms with Crippen LogP contribution in [0.5, 0.6) is 0 Å². The topological polar surface area (TPSA) is 77.3 Å². The molecule has 16 heavy (non-hydrogen) atoms. The maximum Gasteiger partial charge on any atom is 0.327 e. The van der Waals surface area contributed by atoms with Crippen LogP contribution in [0.15, 0.2) is 11.0 Å². The van der Waals surface area contributed by atoms with Gasteiger partial charge in [0.15, 0.2) is 5.02 Å². The quantitative estimate of drug-likeness (QED) is 0.363. The molecular formula is C6HCl2F2NO4S. The molecule has 1 rings (SSSR count). The maximum absolute atomic E-state index is 13.3. The van der Waals surface area contributed by atoms with Gasteiger partial charge in [-0.3, -0.25) is 10.1 Å². The Balaban J connectivity index is 3.78. The largest absolute Gasteiger partial charge is 0.327 e. The highest BCUT2D eigenvalue weighted by molar-refractivity contribution is 8.13. The molecule has 0 saturated carbocycles. The number of hydrogen-bond acceptors (Lipinski definition) is 4. The van der Waals surface area contributed by atoms with Crippen LogP contribution < -0.4 is 0 Å². The molecule has 0 saturated heterocycles. The van der Waals surface area contributed by atoms with Crippen molar-refractivity contribution < 1.29 is 22.1 Å². The Bertz CT molecular complexity index is 574. The van der Waals surface area contributed by atoms with Crippen LogP contribution >= 0.6 is 22.3 Å². The monoisotopic (exact) mass is 291 g/mol. The van der Waals surface area contributed by atoms with Gasteiger partial charge < -0.3 is 0 Å². The van der Waals surface area contributed by atoms with Crippen molar-refractivity contribution in [1.29, 1.82) is 0 Å². The van der Waals surface area contributed by atoms with Crippen molar-refractivity contribution in [2.24, 2.45) is 0 Å². The molecular weight excluding hydrogens is 291 g/mol. The van der Waals surface area contributed by atoms with Gasteiger partial charge in [-0.05, 0) is 6.07 Å². The number of rotatable bonds is 2. The zero-order chi connectivity index (χ0) is 12.7. The summed E-state index contributed by atoms with van der Waals surface area (Å²) < 4.78 is 47.9. The summed E-state index contributed by atoms with van der Waals surface area (Å²) in [6, 6.07) is 0.174. The van der Waals surface area contributed by atoms with Crippen molar-refractivity contribution in [2.75, 3.05) is 0 Å². The lowest BCUT2D eigenvalue weighted by atomic mass is 10.3. The van der Waals surface area contributed by atoms with E-state index in [9.17, 15) is 27.3 Å². The van der Waals surface area contributed by atoms with Crippen LogP contribution in [0.25, 0.3) is 0 Å². The molecule has 10 heteroatoms. The van der Waals surface area contributed by atoms with E-state index < -0.39 is 41.2 Å². The van der Waals surface area contributed by atoms with Crippen LogP contribution in [0.4, 0.5) is 14.5 Å². The molecule has 5 nitrogen and oxygen atoms in total. The lowest BCUT2D eigenvalue weighted by Crippen LogP contribution is -2.03. The Hall–Kier alpha value is -0.990. The average Bonchev–Trinajstić information content (AvgIpc) is 2.09. The summed E-state index contributed by atoms with van der Waals surface area (Å²) in [5.41, 5.74) is -1.47. The Morgan fingerprint density at radius 2 is 1.88 bits per heavy atom. The van der Waals surface area contributed by atoms with E-state index >= 15 is 0 Å². The number of nitro benzene ring substituents is 1. The highest BCUT2D eigenvalue weighted by Crippen LogP contribution is 2.35. The normalized spacial score (nSPS) is 11.5. The predicted octanol–water partition coefficient (Wildman–Crippen LogP) is 2.45. The molecule has 0 aromatic heterocycles. The van der Waals surface area contributed by atoms with Gasteiger partial charge in [-0.2, -0.15) is 4.39 Å². The lowest BCUT2D eigenvalue weighted by Gasteiger charge is -2.02. The highest BCUT2D eigenvalue weighted by Gasteiger charge is 2.31. The number of nitrogens with zero attached hydrogens (tertiary/aromatic N) is 1. The van der Waals surface area contributed by atoms with E-state index in [1.807, 2.05) is 0 Å². The van der Waals surface area contributed by atoms with Crippen LogP contribution in [0.1, 0.15) is 0 Å². The van der Waals surface area contributed by atoms with Gasteiger partial charge >= 0.3 is 5.69 Å². The zero-order valence-electron chi connectivity index (χ0n) is 7.08. The molecule has 0 unspecified atom stereocenters. The van der Waals surface area contributed by atoms with Gasteiger partial charge in [-0.25, -0.2) is 12.8 Å². The summed E-state index contributed by atoms with van der Waals surface area (Å²) in [7, 11) is 0.130. The van der Waals surface area contributed by atoms with E-state index in [0.717, 1.165) is 0 Å². The molecule has 0 heterocycles. The van der Waals surface area contributed by atoms with Crippen molar-refractivity contribution in [3.05, 3.63) is 32.8 Å². The Labute approximate surface area is 97.2 Å². The number of nitro groups is 1. The van der Waals surface area contributed by atoms with E-state index in [4.69, 9.17) is 22.3 Å². The molecule has 1 aromatic rings. The van der Waals surface area contributed by atoms with Gasteiger partial charge in [0.2, 0.25) is 5.82 Å². The third-order valence-electron chi connectivity index (χ3n) is 1.54. The van der Waals surface area contributed by atoms with Crippen molar-refractivity contribution in [3.63, 3.8) is 0 Å². The maximum atomic E-state index is 13.3. The summed E-state index contributed by atoms with van der Waals surface area (Å²) in [5.74, 6) is -3.25. The van der Waals surface area contributed by atoms with Crippen LogP contribution in [0, 0.1) is 21.7 Å². The molecule has 0 bridgehead atoms. The first-order valence-corrected chi connectivity index (χ1v) is 6.11. The molecule has 0 atom stereocenters. The molecule has 1 aromatic carbocycles. The molecule has 0 N–H and O–H groups in total. The first kappa shape index (κ1) is 13.1. The van der Waals surface area contributed by atoms with Gasteiger partial charge in [0.1, 0.15) is 10.7 Å². The Kier molecular flexibility index (Phi) is 3.36. The molecule has 0 aliphatic heterocycles. The Morgan fingerprint density at radius 3 is 2.25 bits per heavy atom. The fourth-order valence-electron chi connectivity index (χ4n) is 0.906. The fraction of sp³-hybridized carbons (Fsp3) is 0. The molecule has 0 radical (unpaired) electrons. The molecule has 0 amide bonds. The lowest BCUT2D eigenvalue weighted by molar-refractivity contribution is -0.387. The summed E-state index contributed by atoms with van der Waals surface area (Å²) in [4.78, 5) is 7.68. The molecule has 0 aliphatic carbocycles. The minimum Gasteiger partial charge on any atom is -0.258 e. The van der Waals surface area contributed by atoms with Crippen LogP contribution in [0.2, 0.25) is 5.02 Å².